The number of thiophene rings is 1. The summed E-state index contributed by atoms with van der Waals surface area (Å²) in [6.07, 6.45) is 1.91. The number of aliphatic hydroxyl groups is 1. The number of methoxy groups -OCH3 is 2. The van der Waals surface area contributed by atoms with Gasteiger partial charge in [0.1, 0.15) is 18.1 Å². The van der Waals surface area contributed by atoms with E-state index in [4.69, 9.17) is 14.2 Å². The van der Waals surface area contributed by atoms with Gasteiger partial charge in [0.05, 0.1) is 32.4 Å². The molecule has 2 aromatic rings. The van der Waals surface area contributed by atoms with Gasteiger partial charge in [-0.05, 0) is 35.6 Å². The zero-order valence-electron chi connectivity index (χ0n) is 18.7. The molecule has 32 heavy (non-hydrogen) atoms. The van der Waals surface area contributed by atoms with Gasteiger partial charge >= 0.3 is 0 Å². The minimum atomic E-state index is -0.662. The number of fused-ring (bicyclic) bond motifs is 1. The summed E-state index contributed by atoms with van der Waals surface area (Å²) in [6, 6.07) is 9.39. The highest BCUT2D eigenvalue weighted by Gasteiger charge is 2.33. The third kappa shape index (κ3) is 6.32. The number of hydrogen-bond acceptors (Lipinski definition) is 7. The summed E-state index contributed by atoms with van der Waals surface area (Å²) >= 11 is 1.72. The van der Waals surface area contributed by atoms with Crippen LogP contribution in [0, 0.1) is 0 Å². The number of carbonyl (C=O) groups is 1. The second-order valence-electron chi connectivity index (χ2n) is 7.73. The maximum atomic E-state index is 13.3. The fourth-order valence-electron chi connectivity index (χ4n) is 3.95. The number of aliphatic hydroxyl groups excluding tert-OH is 1. The Balaban J connectivity index is 1.72. The maximum Gasteiger partial charge on any atom is 0.237 e. The van der Waals surface area contributed by atoms with E-state index in [-0.39, 0.29) is 25.1 Å². The zero-order chi connectivity index (χ0) is 22.9. The van der Waals surface area contributed by atoms with E-state index in [0.717, 1.165) is 17.7 Å². The molecule has 0 saturated carbocycles. The molecule has 1 amide bonds. The minimum absolute atomic E-state index is 0.00700. The first-order valence-corrected chi connectivity index (χ1v) is 11.6. The van der Waals surface area contributed by atoms with Gasteiger partial charge in [-0.15, -0.1) is 17.9 Å². The molecule has 1 aliphatic rings. The number of rotatable bonds is 12. The van der Waals surface area contributed by atoms with Gasteiger partial charge in [-0.2, -0.15) is 0 Å². The van der Waals surface area contributed by atoms with Crippen molar-refractivity contribution in [2.45, 2.75) is 18.6 Å². The number of hydrogen-bond donors (Lipinski definition) is 1. The quantitative estimate of drug-likeness (QED) is 0.491. The molecule has 0 aliphatic carbocycles. The first kappa shape index (κ1) is 24.3. The van der Waals surface area contributed by atoms with Crippen molar-refractivity contribution in [2.24, 2.45) is 0 Å². The van der Waals surface area contributed by atoms with E-state index in [1.807, 2.05) is 34.1 Å². The Kier molecular flexibility index (Phi) is 9.11. The molecule has 0 bridgehead atoms. The summed E-state index contributed by atoms with van der Waals surface area (Å²) in [4.78, 5) is 18.4. The topological polar surface area (TPSA) is 71.5 Å². The van der Waals surface area contributed by atoms with Gasteiger partial charge in [0, 0.05) is 37.7 Å². The van der Waals surface area contributed by atoms with Crippen LogP contribution in [0.25, 0.3) is 0 Å². The molecular formula is C24H32N2O5S. The van der Waals surface area contributed by atoms with Crippen LogP contribution in [0.4, 0.5) is 0 Å². The van der Waals surface area contributed by atoms with Gasteiger partial charge in [-0.25, -0.2) is 0 Å². The molecule has 1 aliphatic heterocycles. The second kappa shape index (κ2) is 12.0. The molecule has 8 heteroatoms. The number of nitrogens with zero attached hydrogens (tertiary/aromatic N) is 2. The van der Waals surface area contributed by atoms with Crippen LogP contribution < -0.4 is 9.47 Å². The molecular weight excluding hydrogens is 428 g/mol. The van der Waals surface area contributed by atoms with E-state index in [1.54, 1.807) is 31.6 Å². The summed E-state index contributed by atoms with van der Waals surface area (Å²) in [5, 5.41) is 12.2. The van der Waals surface area contributed by atoms with Gasteiger partial charge in [0.25, 0.3) is 0 Å². The van der Waals surface area contributed by atoms with Crippen molar-refractivity contribution in [3.05, 3.63) is 58.8 Å². The highest BCUT2D eigenvalue weighted by atomic mass is 32.1. The van der Waals surface area contributed by atoms with Crippen molar-refractivity contribution < 1.29 is 24.1 Å². The van der Waals surface area contributed by atoms with Crippen LogP contribution in [0.3, 0.4) is 0 Å². The van der Waals surface area contributed by atoms with Gasteiger partial charge in [0.2, 0.25) is 5.91 Å². The summed E-state index contributed by atoms with van der Waals surface area (Å²) in [5.74, 6) is 1.44. The Hall–Kier alpha value is -2.39. The zero-order valence-corrected chi connectivity index (χ0v) is 19.6. The van der Waals surface area contributed by atoms with E-state index in [0.29, 0.717) is 32.0 Å². The first-order chi connectivity index (χ1) is 15.5. The third-order valence-electron chi connectivity index (χ3n) is 5.44. The van der Waals surface area contributed by atoms with Gasteiger partial charge in [0.15, 0.2) is 0 Å². The third-order valence-corrected chi connectivity index (χ3v) is 6.43. The highest BCUT2D eigenvalue weighted by Crippen LogP contribution is 2.34. The van der Waals surface area contributed by atoms with Crippen LogP contribution in [-0.4, -0.2) is 80.5 Å². The van der Waals surface area contributed by atoms with Crippen LogP contribution in [0.5, 0.6) is 11.5 Å². The SMILES string of the molecule is C=CCN(CC(=O)N1CCc2sccc2[C@H]1COc1cccc(OC)c1)C[C@H](O)COC. The predicted octanol–water partition coefficient (Wildman–Crippen LogP) is 2.76. The fraction of sp³-hybridized carbons (Fsp3) is 0.458. The Morgan fingerprint density at radius 1 is 1.38 bits per heavy atom. The van der Waals surface area contributed by atoms with E-state index >= 15 is 0 Å². The van der Waals surface area contributed by atoms with Crippen LogP contribution in [0.15, 0.2) is 48.4 Å². The van der Waals surface area contributed by atoms with E-state index < -0.39 is 6.10 Å². The molecule has 1 aromatic carbocycles. The molecule has 0 spiro atoms. The Bertz CT molecular complexity index is 887. The van der Waals surface area contributed by atoms with Crippen molar-refractivity contribution in [3.63, 3.8) is 0 Å². The summed E-state index contributed by atoms with van der Waals surface area (Å²) < 4.78 is 16.4. The van der Waals surface area contributed by atoms with Crippen molar-refractivity contribution in [2.75, 3.05) is 53.6 Å². The van der Waals surface area contributed by atoms with Crippen LogP contribution >= 0.6 is 11.3 Å². The van der Waals surface area contributed by atoms with Crippen molar-refractivity contribution in [1.29, 1.82) is 0 Å². The normalized spacial score (nSPS) is 16.5. The summed E-state index contributed by atoms with van der Waals surface area (Å²) in [7, 11) is 3.17. The highest BCUT2D eigenvalue weighted by molar-refractivity contribution is 7.10. The lowest BCUT2D eigenvalue weighted by molar-refractivity contribution is -0.136. The molecule has 0 fully saturated rings. The molecule has 0 unspecified atom stereocenters. The molecule has 174 valence electrons. The smallest absolute Gasteiger partial charge is 0.237 e. The molecule has 0 radical (unpaired) electrons. The lowest BCUT2D eigenvalue weighted by Crippen LogP contribution is -2.48. The van der Waals surface area contributed by atoms with E-state index in [2.05, 4.69) is 18.0 Å². The molecule has 3 rings (SSSR count). The van der Waals surface area contributed by atoms with Crippen LogP contribution in [0.2, 0.25) is 0 Å². The molecule has 1 aromatic heterocycles. The van der Waals surface area contributed by atoms with Crippen molar-refractivity contribution in [3.8, 4) is 11.5 Å². The molecule has 2 heterocycles. The fourth-order valence-corrected chi connectivity index (χ4v) is 4.88. The summed E-state index contributed by atoms with van der Waals surface area (Å²) in [5.41, 5.74) is 1.15. The average Bonchev–Trinajstić information content (AvgIpc) is 3.27. The minimum Gasteiger partial charge on any atom is -0.497 e. The monoisotopic (exact) mass is 460 g/mol. The predicted molar refractivity (Wildman–Crippen MR) is 125 cm³/mol. The number of carbonyl (C=O) groups excluding carboxylic acids is 1. The standard InChI is InChI=1S/C24H32N2O5S/c1-4-10-25(14-18(27)16-29-2)15-24(28)26-11-8-23-21(9-12-32-23)22(26)17-31-20-7-5-6-19(13-20)30-3/h4-7,9,12-13,18,22,27H,1,8,10-11,14-17H2,2-3H3/t18-,22+/m0/s1. The largest absolute Gasteiger partial charge is 0.497 e. The molecule has 0 saturated heterocycles. The average molecular weight is 461 g/mol. The van der Waals surface area contributed by atoms with Gasteiger partial charge in [-0.3, -0.25) is 9.69 Å². The Labute approximate surface area is 193 Å². The first-order valence-electron chi connectivity index (χ1n) is 10.7. The van der Waals surface area contributed by atoms with Crippen LogP contribution in [-0.2, 0) is 16.0 Å². The molecule has 1 N–H and O–H groups in total. The molecule has 7 nitrogen and oxygen atoms in total. The van der Waals surface area contributed by atoms with Gasteiger partial charge < -0.3 is 24.2 Å². The van der Waals surface area contributed by atoms with Crippen LogP contribution in [0.1, 0.15) is 16.5 Å². The van der Waals surface area contributed by atoms with E-state index in [1.165, 1.54) is 4.88 Å². The van der Waals surface area contributed by atoms with Crippen molar-refractivity contribution >= 4 is 17.2 Å². The Morgan fingerprint density at radius 3 is 2.94 bits per heavy atom. The maximum absolute atomic E-state index is 13.3. The number of benzene rings is 1. The second-order valence-corrected chi connectivity index (χ2v) is 8.73. The van der Waals surface area contributed by atoms with Gasteiger partial charge in [-0.1, -0.05) is 12.1 Å². The molecule has 2 atom stereocenters. The number of amides is 1. The number of ether oxygens (including phenoxy) is 3. The van der Waals surface area contributed by atoms with Crippen molar-refractivity contribution in [1.82, 2.24) is 9.80 Å². The Morgan fingerprint density at radius 2 is 2.19 bits per heavy atom. The lowest BCUT2D eigenvalue weighted by atomic mass is 10.0. The van der Waals surface area contributed by atoms with E-state index in [9.17, 15) is 9.90 Å². The lowest BCUT2D eigenvalue weighted by Gasteiger charge is -2.37. The summed E-state index contributed by atoms with van der Waals surface area (Å²) in [6.45, 7) is 6.05.